The molecule has 0 radical (unpaired) electrons. The topological polar surface area (TPSA) is 18.5 Å². The fraction of sp³-hybridized carbons (Fsp3) is 0.400. The van der Waals surface area contributed by atoms with Gasteiger partial charge in [-0.1, -0.05) is 30.3 Å². The average Bonchev–Trinajstić information content (AvgIpc) is 2.61. The van der Waals surface area contributed by atoms with Crippen LogP contribution in [0.5, 0.6) is 0 Å². The summed E-state index contributed by atoms with van der Waals surface area (Å²) in [7, 11) is 0. The maximum Gasteiger partial charge on any atom is 0.0400 e. The van der Waals surface area contributed by atoms with Crippen LogP contribution in [0.15, 0.2) is 54.6 Å². The fourth-order valence-electron chi connectivity index (χ4n) is 3.09. The first kappa shape index (κ1) is 15.9. The highest BCUT2D eigenvalue weighted by Gasteiger charge is 2.18. The summed E-state index contributed by atoms with van der Waals surface area (Å²) in [5, 5.41) is 3.49. The molecule has 3 rings (SSSR count). The first-order valence-corrected chi connectivity index (χ1v) is 8.59. The van der Waals surface area contributed by atoms with Crippen LogP contribution in [0.4, 0.5) is 11.4 Å². The van der Waals surface area contributed by atoms with E-state index in [1.165, 1.54) is 16.9 Å². The van der Waals surface area contributed by atoms with Gasteiger partial charge in [-0.25, -0.2) is 0 Å². The summed E-state index contributed by atoms with van der Waals surface area (Å²) < 4.78 is 0. The van der Waals surface area contributed by atoms with Gasteiger partial charge in [0.15, 0.2) is 0 Å². The largest absolute Gasteiger partial charge is 0.381 e. The summed E-state index contributed by atoms with van der Waals surface area (Å²) in [5.74, 6) is 0. The molecule has 0 aromatic heterocycles. The molecule has 0 spiro atoms. The summed E-state index contributed by atoms with van der Waals surface area (Å²) >= 11 is 0. The van der Waals surface area contributed by atoms with E-state index in [0.29, 0.717) is 6.04 Å². The first-order chi connectivity index (χ1) is 11.2. The Morgan fingerprint density at radius 2 is 1.52 bits per heavy atom. The number of piperazine rings is 1. The SMILES string of the molecule is CC(C)N1CCN(c2ccc(NCc3ccccc3)cc2)CC1. The number of nitrogens with one attached hydrogen (secondary N) is 1. The molecule has 0 saturated carbocycles. The van der Waals surface area contributed by atoms with Crippen LogP contribution in [0.2, 0.25) is 0 Å². The van der Waals surface area contributed by atoms with Crippen LogP contribution in [0.3, 0.4) is 0 Å². The Morgan fingerprint density at radius 1 is 0.870 bits per heavy atom. The van der Waals surface area contributed by atoms with Crippen molar-refractivity contribution in [2.24, 2.45) is 0 Å². The van der Waals surface area contributed by atoms with Gasteiger partial charge in [-0.05, 0) is 43.7 Å². The molecule has 1 aliphatic heterocycles. The zero-order valence-corrected chi connectivity index (χ0v) is 14.2. The third-order valence-electron chi connectivity index (χ3n) is 4.62. The van der Waals surface area contributed by atoms with Gasteiger partial charge in [0.2, 0.25) is 0 Å². The normalized spacial score (nSPS) is 15.9. The minimum atomic E-state index is 0.654. The lowest BCUT2D eigenvalue weighted by Crippen LogP contribution is -2.48. The van der Waals surface area contributed by atoms with Crippen molar-refractivity contribution in [3.8, 4) is 0 Å². The second-order valence-corrected chi connectivity index (χ2v) is 6.50. The molecule has 3 nitrogen and oxygen atoms in total. The first-order valence-electron chi connectivity index (χ1n) is 8.59. The Bertz CT molecular complexity index is 584. The average molecular weight is 309 g/mol. The molecule has 0 aliphatic carbocycles. The van der Waals surface area contributed by atoms with E-state index in [1.807, 2.05) is 0 Å². The highest BCUT2D eigenvalue weighted by molar-refractivity contribution is 5.55. The minimum Gasteiger partial charge on any atom is -0.381 e. The van der Waals surface area contributed by atoms with Crippen molar-refractivity contribution < 1.29 is 0 Å². The molecule has 2 aromatic carbocycles. The standard InChI is InChI=1S/C20H27N3/c1-17(2)22-12-14-23(15-13-22)20-10-8-19(9-11-20)21-16-18-6-4-3-5-7-18/h3-11,17,21H,12-16H2,1-2H3. The number of hydrogen-bond donors (Lipinski definition) is 1. The Hall–Kier alpha value is -2.00. The molecule has 1 aliphatic rings. The molecular weight excluding hydrogens is 282 g/mol. The fourth-order valence-corrected chi connectivity index (χ4v) is 3.09. The van der Waals surface area contributed by atoms with Crippen molar-refractivity contribution in [3.63, 3.8) is 0 Å². The highest BCUT2D eigenvalue weighted by Crippen LogP contribution is 2.20. The van der Waals surface area contributed by atoms with Crippen molar-refractivity contribution in [1.29, 1.82) is 0 Å². The van der Waals surface area contributed by atoms with Crippen molar-refractivity contribution in [2.75, 3.05) is 36.4 Å². The Balaban J connectivity index is 1.53. The minimum absolute atomic E-state index is 0.654. The Labute approximate surface area is 139 Å². The summed E-state index contributed by atoms with van der Waals surface area (Å²) in [6, 6.07) is 20.0. The van der Waals surface area contributed by atoms with E-state index < -0.39 is 0 Å². The lowest BCUT2D eigenvalue weighted by Gasteiger charge is -2.38. The van der Waals surface area contributed by atoms with Gasteiger partial charge in [-0.15, -0.1) is 0 Å². The van der Waals surface area contributed by atoms with E-state index in [4.69, 9.17) is 0 Å². The zero-order valence-electron chi connectivity index (χ0n) is 14.2. The number of rotatable bonds is 5. The third-order valence-corrected chi connectivity index (χ3v) is 4.62. The van der Waals surface area contributed by atoms with Crippen LogP contribution >= 0.6 is 0 Å². The van der Waals surface area contributed by atoms with Crippen molar-refractivity contribution >= 4 is 11.4 Å². The summed E-state index contributed by atoms with van der Waals surface area (Å²) in [6.07, 6.45) is 0. The molecule has 1 fully saturated rings. The molecule has 1 heterocycles. The predicted octanol–water partition coefficient (Wildman–Crippen LogP) is 3.83. The van der Waals surface area contributed by atoms with Gasteiger partial charge in [0.25, 0.3) is 0 Å². The molecule has 0 atom stereocenters. The summed E-state index contributed by atoms with van der Waals surface area (Å²) in [4.78, 5) is 5.03. The second-order valence-electron chi connectivity index (χ2n) is 6.50. The summed E-state index contributed by atoms with van der Waals surface area (Å²) in [6.45, 7) is 9.99. The molecule has 1 saturated heterocycles. The number of hydrogen-bond acceptors (Lipinski definition) is 3. The highest BCUT2D eigenvalue weighted by atomic mass is 15.3. The Morgan fingerprint density at radius 3 is 2.13 bits per heavy atom. The van der Waals surface area contributed by atoms with E-state index in [9.17, 15) is 0 Å². The molecular formula is C20H27N3. The van der Waals surface area contributed by atoms with Crippen molar-refractivity contribution in [3.05, 3.63) is 60.2 Å². The maximum atomic E-state index is 3.49. The van der Waals surface area contributed by atoms with E-state index in [0.717, 1.165) is 32.7 Å². The third kappa shape index (κ3) is 4.26. The molecule has 0 unspecified atom stereocenters. The molecule has 3 heteroatoms. The molecule has 2 aromatic rings. The summed E-state index contributed by atoms with van der Waals surface area (Å²) in [5.41, 5.74) is 3.82. The van der Waals surface area contributed by atoms with Gasteiger partial charge >= 0.3 is 0 Å². The van der Waals surface area contributed by atoms with Crippen LogP contribution in [0, 0.1) is 0 Å². The van der Waals surface area contributed by atoms with Gasteiger partial charge in [-0.3, -0.25) is 4.90 Å². The van der Waals surface area contributed by atoms with Crippen LogP contribution in [-0.2, 0) is 6.54 Å². The number of anilines is 2. The molecule has 23 heavy (non-hydrogen) atoms. The van der Waals surface area contributed by atoms with E-state index in [1.54, 1.807) is 0 Å². The predicted molar refractivity (Wildman–Crippen MR) is 99.1 cm³/mol. The lowest BCUT2D eigenvalue weighted by molar-refractivity contribution is 0.209. The monoisotopic (exact) mass is 309 g/mol. The van der Waals surface area contributed by atoms with Gasteiger partial charge in [-0.2, -0.15) is 0 Å². The van der Waals surface area contributed by atoms with Gasteiger partial charge in [0.1, 0.15) is 0 Å². The zero-order chi connectivity index (χ0) is 16.1. The molecule has 0 bridgehead atoms. The van der Waals surface area contributed by atoms with E-state index >= 15 is 0 Å². The smallest absolute Gasteiger partial charge is 0.0400 e. The van der Waals surface area contributed by atoms with Crippen LogP contribution < -0.4 is 10.2 Å². The Kier molecular flexibility index (Phi) is 5.19. The molecule has 122 valence electrons. The quantitative estimate of drug-likeness (QED) is 0.905. The van der Waals surface area contributed by atoms with Crippen molar-refractivity contribution in [1.82, 2.24) is 4.90 Å². The molecule has 1 N–H and O–H groups in total. The second kappa shape index (κ2) is 7.51. The van der Waals surface area contributed by atoms with Gasteiger partial charge in [0.05, 0.1) is 0 Å². The molecule has 0 amide bonds. The van der Waals surface area contributed by atoms with E-state index in [2.05, 4.69) is 83.6 Å². The van der Waals surface area contributed by atoms with Crippen LogP contribution in [0.25, 0.3) is 0 Å². The number of nitrogens with zero attached hydrogens (tertiary/aromatic N) is 2. The number of benzene rings is 2. The van der Waals surface area contributed by atoms with Gasteiger partial charge < -0.3 is 10.2 Å². The van der Waals surface area contributed by atoms with Gasteiger partial charge in [0, 0.05) is 50.1 Å². The van der Waals surface area contributed by atoms with Crippen LogP contribution in [-0.4, -0.2) is 37.1 Å². The van der Waals surface area contributed by atoms with Crippen LogP contribution in [0.1, 0.15) is 19.4 Å². The maximum absolute atomic E-state index is 3.49. The lowest BCUT2D eigenvalue weighted by atomic mass is 10.2. The van der Waals surface area contributed by atoms with Crippen molar-refractivity contribution in [2.45, 2.75) is 26.4 Å². The van der Waals surface area contributed by atoms with E-state index in [-0.39, 0.29) is 0 Å².